The summed E-state index contributed by atoms with van der Waals surface area (Å²) in [6.07, 6.45) is 5.39. The molecule has 1 unspecified atom stereocenters. The van der Waals surface area contributed by atoms with Crippen LogP contribution in [0.25, 0.3) is 11.6 Å². The summed E-state index contributed by atoms with van der Waals surface area (Å²) in [6, 6.07) is 4.46. The number of hydrogen-bond acceptors (Lipinski definition) is 7. The fraction of sp³-hybridized carbons (Fsp3) is 0.381. The molecule has 0 bridgehead atoms. The van der Waals surface area contributed by atoms with Gasteiger partial charge in [0.1, 0.15) is 5.82 Å². The summed E-state index contributed by atoms with van der Waals surface area (Å²) in [6.45, 7) is 2.31. The summed E-state index contributed by atoms with van der Waals surface area (Å²) in [4.78, 5) is 24.9. The molecule has 7 nitrogen and oxygen atoms in total. The molecule has 0 saturated carbocycles. The third-order valence-corrected chi connectivity index (χ3v) is 5.77. The van der Waals surface area contributed by atoms with E-state index in [0.717, 1.165) is 11.3 Å². The Morgan fingerprint density at radius 1 is 1.03 bits per heavy atom. The van der Waals surface area contributed by atoms with Crippen LogP contribution in [0.4, 0.5) is 24.7 Å². The van der Waals surface area contributed by atoms with Crippen molar-refractivity contribution in [2.75, 3.05) is 29.4 Å². The van der Waals surface area contributed by atoms with Crippen LogP contribution in [0.3, 0.4) is 0 Å². The third kappa shape index (κ3) is 3.77. The van der Waals surface area contributed by atoms with Gasteiger partial charge in [0.25, 0.3) is 5.92 Å². The lowest BCUT2D eigenvalue weighted by Gasteiger charge is -2.36. The highest BCUT2D eigenvalue weighted by Crippen LogP contribution is 2.36. The molecule has 3 aromatic heterocycles. The molecule has 160 valence electrons. The molecule has 5 heterocycles. The highest BCUT2D eigenvalue weighted by atomic mass is 19.3. The molecule has 1 atom stereocenters. The van der Waals surface area contributed by atoms with Gasteiger partial charge in [-0.05, 0) is 13.0 Å². The quantitative estimate of drug-likeness (QED) is 0.593. The molecule has 0 radical (unpaired) electrons. The number of halogens is 3. The van der Waals surface area contributed by atoms with Crippen LogP contribution in [0.2, 0.25) is 0 Å². The molecular formula is C21H20F3N7. The Balaban J connectivity index is 1.43. The maximum atomic E-state index is 14.3. The first-order chi connectivity index (χ1) is 14.9. The van der Waals surface area contributed by atoms with Crippen LogP contribution < -0.4 is 9.80 Å². The normalized spacial score (nSPS) is 20.1. The average molecular weight is 427 g/mol. The van der Waals surface area contributed by atoms with E-state index in [9.17, 15) is 13.2 Å². The van der Waals surface area contributed by atoms with Gasteiger partial charge in [0, 0.05) is 67.9 Å². The van der Waals surface area contributed by atoms with Crippen LogP contribution in [-0.4, -0.2) is 50.5 Å². The van der Waals surface area contributed by atoms with E-state index in [1.165, 1.54) is 11.0 Å². The van der Waals surface area contributed by atoms with Crippen molar-refractivity contribution in [3.05, 3.63) is 54.0 Å². The van der Waals surface area contributed by atoms with Gasteiger partial charge < -0.3 is 9.80 Å². The van der Waals surface area contributed by atoms with Crippen molar-refractivity contribution in [3.8, 4) is 11.6 Å². The molecule has 0 N–H and O–H groups in total. The highest BCUT2D eigenvalue weighted by molar-refractivity contribution is 5.58. The first kappa shape index (κ1) is 19.7. The van der Waals surface area contributed by atoms with E-state index in [0.29, 0.717) is 36.1 Å². The van der Waals surface area contributed by atoms with Crippen molar-refractivity contribution in [1.29, 1.82) is 0 Å². The molecular weight excluding hydrogens is 407 g/mol. The van der Waals surface area contributed by atoms with E-state index >= 15 is 0 Å². The predicted octanol–water partition coefficient (Wildman–Crippen LogP) is 3.44. The monoisotopic (exact) mass is 427 g/mol. The molecule has 31 heavy (non-hydrogen) atoms. The van der Waals surface area contributed by atoms with E-state index in [4.69, 9.17) is 0 Å². The topological polar surface area (TPSA) is 70.9 Å². The van der Waals surface area contributed by atoms with E-state index in [1.54, 1.807) is 30.7 Å². The maximum absolute atomic E-state index is 14.3. The fourth-order valence-electron chi connectivity index (χ4n) is 4.15. The zero-order valence-corrected chi connectivity index (χ0v) is 16.8. The van der Waals surface area contributed by atoms with Crippen LogP contribution in [0.1, 0.15) is 30.6 Å². The molecule has 0 spiro atoms. The Morgan fingerprint density at radius 3 is 2.58 bits per heavy atom. The Bertz CT molecular complexity index is 1110. The minimum Gasteiger partial charge on any atom is -0.365 e. The largest absolute Gasteiger partial charge is 0.365 e. The lowest BCUT2D eigenvalue weighted by molar-refractivity contribution is 0.0257. The van der Waals surface area contributed by atoms with Crippen molar-refractivity contribution in [2.45, 2.75) is 31.7 Å². The lowest BCUT2D eigenvalue weighted by Crippen LogP contribution is -2.35. The van der Waals surface area contributed by atoms with Crippen LogP contribution >= 0.6 is 0 Å². The van der Waals surface area contributed by atoms with Crippen molar-refractivity contribution in [2.24, 2.45) is 0 Å². The minimum atomic E-state index is -2.76. The number of pyridine rings is 1. The molecule has 0 amide bonds. The number of nitrogens with zero attached hydrogens (tertiary/aromatic N) is 7. The van der Waals surface area contributed by atoms with Crippen LogP contribution in [-0.2, 0) is 6.42 Å². The first-order valence-electron chi connectivity index (χ1n) is 10.1. The Morgan fingerprint density at radius 2 is 1.84 bits per heavy atom. The number of hydrogen-bond donors (Lipinski definition) is 0. The molecule has 1 saturated heterocycles. The molecule has 0 aromatic carbocycles. The minimum absolute atomic E-state index is 0.156. The Labute approximate surface area is 177 Å². The summed E-state index contributed by atoms with van der Waals surface area (Å²) in [5.41, 5.74) is 2.22. The average Bonchev–Trinajstić information content (AvgIpc) is 3.14. The van der Waals surface area contributed by atoms with Gasteiger partial charge in [0.2, 0.25) is 5.95 Å². The molecule has 2 aliphatic heterocycles. The zero-order valence-electron chi connectivity index (χ0n) is 16.8. The number of alkyl halides is 2. The summed E-state index contributed by atoms with van der Waals surface area (Å²) < 4.78 is 41.6. The lowest BCUT2D eigenvalue weighted by atomic mass is 9.99. The van der Waals surface area contributed by atoms with Gasteiger partial charge in [-0.1, -0.05) is 0 Å². The van der Waals surface area contributed by atoms with Gasteiger partial charge in [-0.15, -0.1) is 0 Å². The van der Waals surface area contributed by atoms with Crippen molar-refractivity contribution in [3.63, 3.8) is 0 Å². The van der Waals surface area contributed by atoms with Crippen molar-refractivity contribution < 1.29 is 13.2 Å². The smallest absolute Gasteiger partial charge is 0.266 e. The van der Waals surface area contributed by atoms with Crippen LogP contribution in [0.15, 0.2) is 36.8 Å². The molecule has 5 rings (SSSR count). The fourth-order valence-corrected chi connectivity index (χ4v) is 4.15. The van der Waals surface area contributed by atoms with Crippen LogP contribution in [0.5, 0.6) is 0 Å². The van der Waals surface area contributed by atoms with E-state index in [2.05, 4.69) is 24.9 Å². The van der Waals surface area contributed by atoms with Crippen molar-refractivity contribution >= 4 is 11.5 Å². The van der Waals surface area contributed by atoms with Gasteiger partial charge in [-0.2, -0.15) is 4.39 Å². The number of aromatic nitrogens is 5. The van der Waals surface area contributed by atoms with Crippen molar-refractivity contribution in [1.82, 2.24) is 24.9 Å². The van der Waals surface area contributed by atoms with Crippen LogP contribution in [0, 0.1) is 5.95 Å². The third-order valence-electron chi connectivity index (χ3n) is 5.77. The van der Waals surface area contributed by atoms with Gasteiger partial charge in [0.05, 0.1) is 18.3 Å². The number of fused-ring (bicyclic) bond motifs is 1. The molecule has 3 aromatic rings. The number of anilines is 2. The summed E-state index contributed by atoms with van der Waals surface area (Å²) >= 11 is 0. The van der Waals surface area contributed by atoms with E-state index in [-0.39, 0.29) is 19.0 Å². The first-order valence-corrected chi connectivity index (χ1v) is 10.1. The highest BCUT2D eigenvalue weighted by Gasteiger charge is 2.39. The standard InChI is InChI=1S/C21H20F3N7/c1-13-15-11-27-20(19-25-5-2-6-26-19)28-16(15)3-7-31(13)18-10-14(9-17(22)29-18)30-8-4-21(23,24)12-30/h2,5-6,9-11,13H,3-4,7-8,12H2,1H3. The summed E-state index contributed by atoms with van der Waals surface area (Å²) in [5, 5.41) is 0. The molecule has 2 aliphatic rings. The predicted molar refractivity (Wildman–Crippen MR) is 108 cm³/mol. The Kier molecular flexibility index (Phi) is 4.71. The molecule has 0 aliphatic carbocycles. The van der Waals surface area contributed by atoms with Gasteiger partial charge >= 0.3 is 0 Å². The summed E-state index contributed by atoms with van der Waals surface area (Å²) in [7, 11) is 0. The molecule has 1 fully saturated rings. The second-order valence-electron chi connectivity index (χ2n) is 7.82. The van der Waals surface area contributed by atoms with Gasteiger partial charge in [-0.25, -0.2) is 33.7 Å². The van der Waals surface area contributed by atoms with E-state index in [1.807, 2.05) is 11.8 Å². The van der Waals surface area contributed by atoms with Gasteiger partial charge in [-0.3, -0.25) is 0 Å². The van der Waals surface area contributed by atoms with E-state index < -0.39 is 18.4 Å². The number of rotatable bonds is 3. The zero-order chi connectivity index (χ0) is 21.6. The second kappa shape index (κ2) is 7.44. The second-order valence-corrected chi connectivity index (χ2v) is 7.82. The summed E-state index contributed by atoms with van der Waals surface area (Å²) in [5.74, 6) is -2.11. The maximum Gasteiger partial charge on any atom is 0.266 e. The Hall–Kier alpha value is -3.30. The molecule has 10 heteroatoms. The SMILES string of the molecule is CC1c2cnc(-c3ncccn3)nc2CCN1c1cc(N2CCC(F)(F)C2)cc(F)n1. The van der Waals surface area contributed by atoms with Gasteiger partial charge in [0.15, 0.2) is 11.6 Å².